The number of carbonyl (C=O) groups is 1. The van der Waals surface area contributed by atoms with Crippen LogP contribution in [-0.4, -0.2) is 65.0 Å². The number of carbonyl (C=O) groups excluding carboxylic acids is 1. The third kappa shape index (κ3) is 8.85. The van der Waals surface area contributed by atoms with E-state index in [-0.39, 0.29) is 5.91 Å². The van der Waals surface area contributed by atoms with Gasteiger partial charge in [-0.3, -0.25) is 9.79 Å². The van der Waals surface area contributed by atoms with Gasteiger partial charge in [-0.15, -0.1) is 0 Å². The van der Waals surface area contributed by atoms with Gasteiger partial charge in [-0.25, -0.2) is 0 Å². The van der Waals surface area contributed by atoms with Crippen LogP contribution >= 0.6 is 0 Å². The second kappa shape index (κ2) is 12.9. The highest BCUT2D eigenvalue weighted by Gasteiger charge is 2.18. The van der Waals surface area contributed by atoms with E-state index in [0.29, 0.717) is 31.3 Å². The minimum Gasteiger partial charge on any atom is -0.381 e. The summed E-state index contributed by atoms with van der Waals surface area (Å²) in [6, 6.07) is 0. The van der Waals surface area contributed by atoms with Gasteiger partial charge in [0.05, 0.1) is 13.2 Å². The molecule has 2 fully saturated rings. The fourth-order valence-corrected chi connectivity index (χ4v) is 3.50. The monoisotopic (exact) mass is 368 g/mol. The van der Waals surface area contributed by atoms with Crippen molar-refractivity contribution in [2.24, 2.45) is 16.8 Å². The molecule has 1 aliphatic heterocycles. The summed E-state index contributed by atoms with van der Waals surface area (Å²) in [7, 11) is 1.75. The van der Waals surface area contributed by atoms with Crippen molar-refractivity contribution < 1.29 is 14.3 Å². The van der Waals surface area contributed by atoms with E-state index in [0.717, 1.165) is 51.8 Å². The van der Waals surface area contributed by atoms with Gasteiger partial charge in [0.2, 0.25) is 5.91 Å². The number of hydrogen-bond donors (Lipinski definition) is 3. The normalized spacial score (nSPS) is 21.1. The molecule has 26 heavy (non-hydrogen) atoms. The van der Waals surface area contributed by atoms with E-state index in [2.05, 4.69) is 20.9 Å². The molecular formula is C19H36N4O3. The Morgan fingerprint density at radius 1 is 1.08 bits per heavy atom. The predicted octanol–water partition coefficient (Wildman–Crippen LogP) is 1.29. The van der Waals surface area contributed by atoms with Crippen LogP contribution in [0.4, 0.5) is 0 Å². The minimum atomic E-state index is 0.173. The molecule has 1 unspecified atom stereocenters. The van der Waals surface area contributed by atoms with E-state index in [9.17, 15) is 4.79 Å². The van der Waals surface area contributed by atoms with Crippen LogP contribution in [0.25, 0.3) is 0 Å². The highest BCUT2D eigenvalue weighted by atomic mass is 16.5. The van der Waals surface area contributed by atoms with E-state index < -0.39 is 0 Å². The topological polar surface area (TPSA) is 84.0 Å². The largest absolute Gasteiger partial charge is 0.381 e. The van der Waals surface area contributed by atoms with E-state index >= 15 is 0 Å². The smallest absolute Gasteiger partial charge is 0.220 e. The van der Waals surface area contributed by atoms with Gasteiger partial charge >= 0.3 is 0 Å². The zero-order valence-electron chi connectivity index (χ0n) is 16.2. The maximum atomic E-state index is 11.9. The summed E-state index contributed by atoms with van der Waals surface area (Å²) in [5, 5.41) is 9.47. The lowest BCUT2D eigenvalue weighted by Gasteiger charge is -2.13. The lowest BCUT2D eigenvalue weighted by Crippen LogP contribution is -2.42. The standard InChI is InChI=1S/C19H36N4O3/c1-20-19(22-8-4-11-25-14-17-7-12-26-15-17)23-10-9-21-18(24)13-16-5-2-3-6-16/h16-17H,2-15H2,1H3,(H,21,24)(H2,20,22,23). The Kier molecular flexibility index (Phi) is 10.4. The predicted molar refractivity (Wildman–Crippen MR) is 103 cm³/mol. The molecule has 2 rings (SSSR count). The van der Waals surface area contributed by atoms with Gasteiger partial charge in [0.1, 0.15) is 0 Å². The second-order valence-corrected chi connectivity index (χ2v) is 7.29. The molecule has 7 nitrogen and oxygen atoms in total. The third-order valence-electron chi connectivity index (χ3n) is 5.05. The lowest BCUT2D eigenvalue weighted by molar-refractivity contribution is -0.121. The van der Waals surface area contributed by atoms with E-state index in [1.165, 1.54) is 25.7 Å². The number of rotatable bonds is 11. The summed E-state index contributed by atoms with van der Waals surface area (Å²) in [4.78, 5) is 16.1. The molecular weight excluding hydrogens is 332 g/mol. The van der Waals surface area contributed by atoms with Crippen LogP contribution in [0.3, 0.4) is 0 Å². The lowest BCUT2D eigenvalue weighted by atomic mass is 10.0. The van der Waals surface area contributed by atoms with E-state index in [1.54, 1.807) is 7.05 Å². The molecule has 0 spiro atoms. The second-order valence-electron chi connectivity index (χ2n) is 7.29. The first-order valence-corrected chi connectivity index (χ1v) is 10.1. The van der Waals surface area contributed by atoms with Crippen LogP contribution in [0.5, 0.6) is 0 Å². The fraction of sp³-hybridized carbons (Fsp3) is 0.895. The molecule has 3 N–H and O–H groups in total. The zero-order valence-corrected chi connectivity index (χ0v) is 16.2. The van der Waals surface area contributed by atoms with Gasteiger partial charge in [0, 0.05) is 52.2 Å². The first-order valence-electron chi connectivity index (χ1n) is 10.1. The van der Waals surface area contributed by atoms with E-state index in [4.69, 9.17) is 9.47 Å². The Morgan fingerprint density at radius 3 is 2.58 bits per heavy atom. The Morgan fingerprint density at radius 2 is 1.85 bits per heavy atom. The van der Waals surface area contributed by atoms with E-state index in [1.807, 2.05) is 0 Å². The number of amides is 1. The minimum absolute atomic E-state index is 0.173. The van der Waals surface area contributed by atoms with Crippen LogP contribution in [0.2, 0.25) is 0 Å². The van der Waals surface area contributed by atoms with Crippen LogP contribution in [-0.2, 0) is 14.3 Å². The SMILES string of the molecule is CN=C(NCCCOCC1CCOC1)NCCNC(=O)CC1CCCC1. The molecule has 1 atom stereocenters. The van der Waals surface area contributed by atoms with Crippen molar-refractivity contribution >= 4 is 11.9 Å². The van der Waals surface area contributed by atoms with Crippen molar-refractivity contribution in [1.82, 2.24) is 16.0 Å². The van der Waals surface area contributed by atoms with Crippen molar-refractivity contribution in [3.8, 4) is 0 Å². The first-order chi connectivity index (χ1) is 12.8. The fourth-order valence-electron chi connectivity index (χ4n) is 3.50. The molecule has 1 saturated carbocycles. The van der Waals surface area contributed by atoms with Gasteiger partial charge in [0.15, 0.2) is 5.96 Å². The van der Waals surface area contributed by atoms with Crippen molar-refractivity contribution in [1.29, 1.82) is 0 Å². The summed E-state index contributed by atoms with van der Waals surface area (Å²) in [5.74, 6) is 2.10. The molecule has 0 bridgehead atoms. The maximum Gasteiger partial charge on any atom is 0.220 e. The zero-order chi connectivity index (χ0) is 18.5. The average molecular weight is 369 g/mol. The van der Waals surface area contributed by atoms with Crippen LogP contribution in [0.1, 0.15) is 44.9 Å². The molecule has 0 aromatic rings. The maximum absolute atomic E-state index is 11.9. The average Bonchev–Trinajstić information content (AvgIpc) is 3.33. The van der Waals surface area contributed by atoms with Gasteiger partial charge in [0.25, 0.3) is 0 Å². The highest BCUT2D eigenvalue weighted by Crippen LogP contribution is 2.27. The van der Waals surface area contributed by atoms with Gasteiger partial charge in [-0.1, -0.05) is 12.8 Å². The van der Waals surface area contributed by atoms with Crippen molar-refractivity contribution in [2.45, 2.75) is 44.9 Å². The Hall–Kier alpha value is -1.34. The molecule has 0 aromatic heterocycles. The van der Waals surface area contributed by atoms with Gasteiger partial charge < -0.3 is 25.4 Å². The Balaban J connectivity index is 1.41. The third-order valence-corrected chi connectivity index (χ3v) is 5.05. The quantitative estimate of drug-likeness (QED) is 0.291. The number of ether oxygens (including phenoxy) is 2. The number of hydrogen-bond acceptors (Lipinski definition) is 4. The van der Waals surface area contributed by atoms with Crippen LogP contribution < -0.4 is 16.0 Å². The molecule has 0 aromatic carbocycles. The van der Waals surface area contributed by atoms with Gasteiger partial charge in [-0.05, 0) is 31.6 Å². The van der Waals surface area contributed by atoms with Crippen LogP contribution in [0.15, 0.2) is 4.99 Å². The molecule has 1 aliphatic carbocycles. The summed E-state index contributed by atoms with van der Waals surface area (Å²) >= 11 is 0. The number of nitrogens with zero attached hydrogens (tertiary/aromatic N) is 1. The molecule has 1 heterocycles. The molecule has 1 amide bonds. The Labute approximate surface area is 157 Å². The molecule has 2 aliphatic rings. The van der Waals surface area contributed by atoms with Gasteiger partial charge in [-0.2, -0.15) is 0 Å². The molecule has 0 radical (unpaired) electrons. The first kappa shape index (κ1) is 21.0. The van der Waals surface area contributed by atoms with Crippen molar-refractivity contribution in [3.63, 3.8) is 0 Å². The summed E-state index contributed by atoms with van der Waals surface area (Å²) < 4.78 is 11.0. The molecule has 150 valence electrons. The summed E-state index contributed by atoms with van der Waals surface area (Å²) in [6.45, 7) is 5.37. The van der Waals surface area contributed by atoms with Crippen molar-refractivity contribution in [2.75, 3.05) is 53.1 Å². The van der Waals surface area contributed by atoms with Crippen molar-refractivity contribution in [3.05, 3.63) is 0 Å². The van der Waals surface area contributed by atoms with Crippen LogP contribution in [0, 0.1) is 11.8 Å². The summed E-state index contributed by atoms with van der Waals surface area (Å²) in [5.41, 5.74) is 0. The summed E-state index contributed by atoms with van der Waals surface area (Å²) in [6.07, 6.45) is 7.71. The molecule has 1 saturated heterocycles. The molecule has 7 heteroatoms. The Bertz CT molecular complexity index is 419. The number of guanidine groups is 1. The number of aliphatic imine (C=N–C) groups is 1. The highest BCUT2D eigenvalue weighted by molar-refractivity contribution is 5.79. The number of nitrogens with one attached hydrogen (secondary N) is 3.